The first-order chi connectivity index (χ1) is 10.7. The second-order valence-corrected chi connectivity index (χ2v) is 9.93. The highest BCUT2D eigenvalue weighted by Crippen LogP contribution is 2.43. The molecule has 1 N–H and O–H groups in total. The number of nitrogens with one attached hydrogen (secondary N) is 1. The summed E-state index contributed by atoms with van der Waals surface area (Å²) in [6, 6.07) is 28.8. The molecule has 0 aromatic heterocycles. The van der Waals surface area contributed by atoms with Gasteiger partial charge in [-0.15, -0.1) is 0 Å². The van der Waals surface area contributed by atoms with Crippen LogP contribution in [0.3, 0.4) is 0 Å². The number of hydrogen-bond acceptors (Lipinski definition) is 1. The minimum absolute atomic E-state index is 1.04. The third-order valence-electron chi connectivity index (χ3n) is 3.37. The molecule has 22 heavy (non-hydrogen) atoms. The Labute approximate surface area is 144 Å². The van der Waals surface area contributed by atoms with Crippen molar-refractivity contribution in [3.05, 3.63) is 89.4 Å². The number of benzene rings is 3. The van der Waals surface area contributed by atoms with Crippen LogP contribution in [0.2, 0.25) is 0 Å². The van der Waals surface area contributed by atoms with E-state index in [9.17, 15) is 0 Å². The summed E-state index contributed by atoms with van der Waals surface area (Å²) in [5.74, 6) is 0. The standard InChI is InChI=1S/C18H15BrNPS/c19-15-11-13-16(14-12-15)20-21(22,17-7-3-1-4-8-17)18-9-5-2-6-10-18/h1-14H,(H,20,22). The van der Waals surface area contributed by atoms with Gasteiger partial charge in [-0.25, -0.2) is 0 Å². The molecule has 0 saturated carbocycles. The third kappa shape index (κ3) is 3.33. The summed E-state index contributed by atoms with van der Waals surface area (Å²) in [6.07, 6.45) is -2.09. The van der Waals surface area contributed by atoms with Crippen LogP contribution in [0.1, 0.15) is 0 Å². The molecule has 110 valence electrons. The van der Waals surface area contributed by atoms with Crippen LogP contribution in [0.4, 0.5) is 5.69 Å². The van der Waals surface area contributed by atoms with Crippen molar-refractivity contribution in [3.8, 4) is 0 Å². The van der Waals surface area contributed by atoms with Crippen molar-refractivity contribution in [2.75, 3.05) is 5.09 Å². The lowest BCUT2D eigenvalue weighted by molar-refractivity contribution is 1.63. The van der Waals surface area contributed by atoms with Gasteiger partial charge < -0.3 is 5.09 Å². The van der Waals surface area contributed by atoms with E-state index in [4.69, 9.17) is 11.8 Å². The molecule has 0 aliphatic heterocycles. The maximum absolute atomic E-state index is 6.14. The van der Waals surface area contributed by atoms with Crippen LogP contribution in [-0.2, 0) is 11.8 Å². The highest BCUT2D eigenvalue weighted by Gasteiger charge is 2.21. The van der Waals surface area contributed by atoms with Gasteiger partial charge in [0.25, 0.3) is 0 Å². The molecule has 0 unspecified atom stereocenters. The monoisotopic (exact) mass is 387 g/mol. The van der Waals surface area contributed by atoms with Crippen molar-refractivity contribution in [1.82, 2.24) is 0 Å². The van der Waals surface area contributed by atoms with Gasteiger partial charge in [0.15, 0.2) is 0 Å². The second kappa shape index (κ2) is 6.78. The van der Waals surface area contributed by atoms with E-state index in [1.165, 1.54) is 10.6 Å². The Balaban J connectivity index is 2.08. The number of rotatable bonds is 4. The molecule has 3 rings (SSSR count). The van der Waals surface area contributed by atoms with Crippen molar-refractivity contribution in [2.45, 2.75) is 0 Å². The van der Waals surface area contributed by atoms with Crippen LogP contribution in [0.15, 0.2) is 89.4 Å². The van der Waals surface area contributed by atoms with Gasteiger partial charge in [0, 0.05) is 20.8 Å². The molecule has 3 aromatic rings. The lowest BCUT2D eigenvalue weighted by Gasteiger charge is -2.25. The average Bonchev–Trinajstić information content (AvgIpc) is 2.58. The molecule has 1 nitrogen and oxygen atoms in total. The van der Waals surface area contributed by atoms with Gasteiger partial charge >= 0.3 is 0 Å². The Morgan fingerprint density at radius 1 is 0.682 bits per heavy atom. The molecule has 0 amide bonds. The summed E-state index contributed by atoms with van der Waals surface area (Å²) < 4.78 is 1.06. The lowest BCUT2D eigenvalue weighted by Crippen LogP contribution is -2.21. The summed E-state index contributed by atoms with van der Waals surface area (Å²) in [7, 11) is 0. The first-order valence-electron chi connectivity index (χ1n) is 6.94. The second-order valence-electron chi connectivity index (χ2n) is 4.90. The first kappa shape index (κ1) is 15.5. The summed E-state index contributed by atoms with van der Waals surface area (Å²) in [5.41, 5.74) is 1.04. The Hall–Kier alpha value is -1.41. The SMILES string of the molecule is S=P(Nc1ccc(Br)cc1)(c1ccccc1)c1ccccc1. The van der Waals surface area contributed by atoms with Crippen LogP contribution >= 0.6 is 22.1 Å². The van der Waals surface area contributed by atoms with Crippen LogP contribution in [0.5, 0.6) is 0 Å². The zero-order valence-corrected chi connectivity index (χ0v) is 15.1. The fourth-order valence-electron chi connectivity index (χ4n) is 2.26. The predicted molar refractivity (Wildman–Crippen MR) is 104 cm³/mol. The van der Waals surface area contributed by atoms with E-state index < -0.39 is 6.19 Å². The lowest BCUT2D eigenvalue weighted by atomic mass is 10.3. The van der Waals surface area contributed by atoms with Crippen molar-refractivity contribution >= 4 is 50.2 Å². The Morgan fingerprint density at radius 3 is 1.59 bits per heavy atom. The predicted octanol–water partition coefficient (Wildman–Crippen LogP) is 4.91. The zero-order chi connectivity index (χ0) is 15.4. The van der Waals surface area contributed by atoms with E-state index in [2.05, 4.69) is 57.4 Å². The topological polar surface area (TPSA) is 12.0 Å². The average molecular weight is 388 g/mol. The first-order valence-corrected chi connectivity index (χ1v) is 10.5. The van der Waals surface area contributed by atoms with Gasteiger partial charge in [0.05, 0.1) is 6.19 Å². The van der Waals surface area contributed by atoms with Crippen LogP contribution in [-0.4, -0.2) is 0 Å². The summed E-state index contributed by atoms with van der Waals surface area (Å²) in [5, 5.41) is 5.95. The molecule has 0 spiro atoms. The van der Waals surface area contributed by atoms with Gasteiger partial charge in [0.2, 0.25) is 0 Å². The largest absolute Gasteiger partial charge is 0.351 e. The van der Waals surface area contributed by atoms with Crippen molar-refractivity contribution in [2.24, 2.45) is 0 Å². The molecule has 0 fully saturated rings. The van der Waals surface area contributed by atoms with Gasteiger partial charge in [0.1, 0.15) is 0 Å². The van der Waals surface area contributed by atoms with E-state index >= 15 is 0 Å². The summed E-state index contributed by atoms with van der Waals surface area (Å²) in [4.78, 5) is 0. The van der Waals surface area contributed by atoms with Crippen LogP contribution in [0.25, 0.3) is 0 Å². The van der Waals surface area contributed by atoms with Gasteiger partial charge in [-0.1, -0.05) is 88.4 Å². The molecule has 0 aliphatic rings. The molecule has 0 bridgehead atoms. The highest BCUT2D eigenvalue weighted by molar-refractivity contribution is 9.10. The molecule has 0 atom stereocenters. The van der Waals surface area contributed by atoms with Gasteiger partial charge in [-0.2, -0.15) is 0 Å². The smallest absolute Gasteiger partial charge is 0.0903 e. The maximum Gasteiger partial charge on any atom is 0.0903 e. The van der Waals surface area contributed by atoms with Crippen molar-refractivity contribution in [3.63, 3.8) is 0 Å². The van der Waals surface area contributed by atoms with Crippen LogP contribution in [0, 0.1) is 0 Å². The Kier molecular flexibility index (Phi) is 4.77. The van der Waals surface area contributed by atoms with Crippen LogP contribution < -0.4 is 15.7 Å². The Bertz CT molecular complexity index is 745. The number of halogens is 1. The summed E-state index contributed by atoms with van der Waals surface area (Å²) >= 11 is 9.61. The minimum Gasteiger partial charge on any atom is -0.351 e. The molecule has 4 heteroatoms. The quantitative estimate of drug-likeness (QED) is 0.638. The van der Waals surface area contributed by atoms with E-state index in [1.807, 2.05) is 48.5 Å². The van der Waals surface area contributed by atoms with Gasteiger partial charge in [-0.05, 0) is 24.3 Å². The molecule has 0 heterocycles. The molecular formula is C18H15BrNPS. The van der Waals surface area contributed by atoms with Crippen molar-refractivity contribution < 1.29 is 0 Å². The summed E-state index contributed by atoms with van der Waals surface area (Å²) in [6.45, 7) is 0. The van der Waals surface area contributed by atoms with Gasteiger partial charge in [-0.3, -0.25) is 0 Å². The molecule has 3 aromatic carbocycles. The highest BCUT2D eigenvalue weighted by atomic mass is 79.9. The van der Waals surface area contributed by atoms with E-state index in [1.54, 1.807) is 0 Å². The molecule has 0 aliphatic carbocycles. The van der Waals surface area contributed by atoms with E-state index in [0.29, 0.717) is 0 Å². The normalized spacial score (nSPS) is 11.1. The number of hydrogen-bond donors (Lipinski definition) is 1. The Morgan fingerprint density at radius 2 is 1.14 bits per heavy atom. The fraction of sp³-hybridized carbons (Fsp3) is 0. The van der Waals surface area contributed by atoms with Crippen molar-refractivity contribution in [1.29, 1.82) is 0 Å². The minimum atomic E-state index is -2.09. The zero-order valence-electron chi connectivity index (χ0n) is 11.8. The fourth-order valence-corrected chi connectivity index (χ4v) is 5.82. The van der Waals surface area contributed by atoms with E-state index in [-0.39, 0.29) is 0 Å². The molecule has 0 radical (unpaired) electrons. The third-order valence-corrected chi connectivity index (χ3v) is 8.06. The molecular weight excluding hydrogens is 373 g/mol. The van der Waals surface area contributed by atoms with E-state index in [0.717, 1.165) is 10.2 Å². The molecule has 0 saturated heterocycles. The number of anilines is 1. The maximum atomic E-state index is 6.14.